The largest absolute Gasteiger partial charge is 0.394 e. The van der Waals surface area contributed by atoms with E-state index in [4.69, 9.17) is 4.74 Å². The van der Waals surface area contributed by atoms with Gasteiger partial charge in [0.2, 0.25) is 5.91 Å². The number of ether oxygens (including phenoxy) is 1. The number of aliphatic hydroxyl groups excluding tert-OH is 1. The third-order valence-corrected chi connectivity index (χ3v) is 4.27. The number of carbonyl (C=O) groups is 1. The quantitative estimate of drug-likeness (QED) is 0.848. The first-order chi connectivity index (χ1) is 8.74. The van der Waals surface area contributed by atoms with Gasteiger partial charge in [-0.3, -0.25) is 4.79 Å². The highest BCUT2D eigenvalue weighted by molar-refractivity contribution is 7.09. The molecule has 1 fully saturated rings. The topological polar surface area (TPSA) is 58.6 Å². The van der Waals surface area contributed by atoms with E-state index in [2.05, 4.69) is 5.32 Å². The van der Waals surface area contributed by atoms with Gasteiger partial charge in [0.15, 0.2) is 0 Å². The Morgan fingerprint density at radius 1 is 1.50 bits per heavy atom. The molecular formula is C13H19NO3S. The number of carbonyl (C=O) groups excluding carboxylic acids is 1. The summed E-state index contributed by atoms with van der Waals surface area (Å²) in [6, 6.07) is 4.03. The van der Waals surface area contributed by atoms with Crippen LogP contribution in [0.3, 0.4) is 0 Å². The first-order valence-electron chi connectivity index (χ1n) is 6.26. The molecule has 2 rings (SSSR count). The lowest BCUT2D eigenvalue weighted by Gasteiger charge is -2.36. The molecule has 1 aliphatic heterocycles. The zero-order valence-electron chi connectivity index (χ0n) is 10.4. The first-order valence-corrected chi connectivity index (χ1v) is 7.14. The average Bonchev–Trinajstić information content (AvgIpc) is 2.91. The standard InChI is InChI=1S/C13H19NO3S/c15-10-13(5-7-17-8-6-13)14-12(16)4-3-11-2-1-9-18-11/h1-2,9,15H,3-8,10H2,(H,14,16). The molecule has 100 valence electrons. The van der Waals surface area contributed by atoms with E-state index in [0.29, 0.717) is 32.5 Å². The molecule has 2 N–H and O–H groups in total. The maximum absolute atomic E-state index is 11.9. The van der Waals surface area contributed by atoms with Crippen LogP contribution in [0.25, 0.3) is 0 Å². The molecule has 0 spiro atoms. The van der Waals surface area contributed by atoms with Crippen molar-refractivity contribution in [3.63, 3.8) is 0 Å². The zero-order valence-corrected chi connectivity index (χ0v) is 11.2. The lowest BCUT2D eigenvalue weighted by atomic mass is 9.91. The normalized spacial score (nSPS) is 18.5. The Morgan fingerprint density at radius 2 is 2.28 bits per heavy atom. The molecular weight excluding hydrogens is 250 g/mol. The van der Waals surface area contributed by atoms with E-state index in [1.54, 1.807) is 11.3 Å². The van der Waals surface area contributed by atoms with Crippen LogP contribution in [0, 0.1) is 0 Å². The third-order valence-electron chi connectivity index (χ3n) is 3.34. The Balaban J connectivity index is 1.81. The molecule has 0 atom stereocenters. The van der Waals surface area contributed by atoms with Crippen LogP contribution < -0.4 is 5.32 Å². The van der Waals surface area contributed by atoms with E-state index in [1.165, 1.54) is 4.88 Å². The number of nitrogens with one attached hydrogen (secondary N) is 1. The van der Waals surface area contributed by atoms with Gasteiger partial charge < -0.3 is 15.2 Å². The van der Waals surface area contributed by atoms with Crippen molar-refractivity contribution in [1.82, 2.24) is 5.32 Å². The molecule has 0 saturated carbocycles. The van der Waals surface area contributed by atoms with E-state index in [-0.39, 0.29) is 12.5 Å². The second-order valence-electron chi connectivity index (χ2n) is 4.68. The second kappa shape index (κ2) is 6.31. The first kappa shape index (κ1) is 13.5. The molecule has 2 heterocycles. The number of aryl methyl sites for hydroxylation is 1. The van der Waals surface area contributed by atoms with Gasteiger partial charge in [-0.25, -0.2) is 0 Å². The van der Waals surface area contributed by atoms with E-state index >= 15 is 0 Å². The summed E-state index contributed by atoms with van der Waals surface area (Å²) in [5, 5.41) is 14.5. The highest BCUT2D eigenvalue weighted by Crippen LogP contribution is 2.20. The maximum Gasteiger partial charge on any atom is 0.220 e. The molecule has 4 nitrogen and oxygen atoms in total. The van der Waals surface area contributed by atoms with Crippen LogP contribution in [0.1, 0.15) is 24.1 Å². The van der Waals surface area contributed by atoms with Crippen LogP contribution in [-0.4, -0.2) is 36.4 Å². The number of hydrogen-bond donors (Lipinski definition) is 2. The lowest BCUT2D eigenvalue weighted by Crippen LogP contribution is -2.54. The van der Waals surface area contributed by atoms with E-state index < -0.39 is 5.54 Å². The second-order valence-corrected chi connectivity index (χ2v) is 5.71. The molecule has 0 unspecified atom stereocenters. The predicted octanol–water partition coefficient (Wildman–Crippen LogP) is 1.34. The van der Waals surface area contributed by atoms with Crippen molar-refractivity contribution in [1.29, 1.82) is 0 Å². The number of amides is 1. The van der Waals surface area contributed by atoms with Crippen molar-refractivity contribution < 1.29 is 14.6 Å². The molecule has 0 aromatic carbocycles. The Hall–Kier alpha value is -0.910. The maximum atomic E-state index is 11.9. The monoisotopic (exact) mass is 269 g/mol. The van der Waals surface area contributed by atoms with Crippen molar-refractivity contribution in [3.8, 4) is 0 Å². The highest BCUT2D eigenvalue weighted by Gasteiger charge is 2.33. The number of thiophene rings is 1. The molecule has 0 bridgehead atoms. The molecule has 1 amide bonds. The van der Waals surface area contributed by atoms with Crippen molar-refractivity contribution in [2.75, 3.05) is 19.8 Å². The van der Waals surface area contributed by atoms with Crippen LogP contribution in [0.15, 0.2) is 17.5 Å². The summed E-state index contributed by atoms with van der Waals surface area (Å²) in [7, 11) is 0. The fraction of sp³-hybridized carbons (Fsp3) is 0.615. The van der Waals surface area contributed by atoms with Crippen LogP contribution in [0.4, 0.5) is 0 Å². The number of rotatable bonds is 5. The van der Waals surface area contributed by atoms with Gasteiger partial charge in [-0.05, 0) is 30.7 Å². The molecule has 1 aromatic rings. The van der Waals surface area contributed by atoms with Crippen LogP contribution in [0.2, 0.25) is 0 Å². The Bertz CT molecular complexity index is 372. The van der Waals surface area contributed by atoms with Gasteiger partial charge in [-0.1, -0.05) is 6.07 Å². The summed E-state index contributed by atoms with van der Waals surface area (Å²) in [5.41, 5.74) is -0.467. The molecule has 0 aliphatic carbocycles. The van der Waals surface area contributed by atoms with Crippen LogP contribution >= 0.6 is 11.3 Å². The Labute approximate surface area is 111 Å². The van der Waals surface area contributed by atoms with Gasteiger partial charge in [0, 0.05) is 24.5 Å². The van der Waals surface area contributed by atoms with Crippen molar-refractivity contribution in [2.45, 2.75) is 31.2 Å². The molecule has 18 heavy (non-hydrogen) atoms. The minimum Gasteiger partial charge on any atom is -0.394 e. The Kier molecular flexibility index (Phi) is 4.74. The number of aliphatic hydroxyl groups is 1. The average molecular weight is 269 g/mol. The summed E-state index contributed by atoms with van der Waals surface area (Å²) >= 11 is 1.67. The summed E-state index contributed by atoms with van der Waals surface area (Å²) in [6.45, 7) is 1.19. The lowest BCUT2D eigenvalue weighted by molar-refractivity contribution is -0.125. The van der Waals surface area contributed by atoms with Gasteiger partial charge in [-0.2, -0.15) is 0 Å². The van der Waals surface area contributed by atoms with E-state index in [9.17, 15) is 9.90 Å². The van der Waals surface area contributed by atoms with Crippen LogP contribution in [0.5, 0.6) is 0 Å². The fourth-order valence-electron chi connectivity index (χ4n) is 2.13. The Morgan fingerprint density at radius 3 is 2.89 bits per heavy atom. The minimum absolute atomic E-state index is 0.0128. The molecule has 1 saturated heterocycles. The summed E-state index contributed by atoms with van der Waals surface area (Å²) in [6.07, 6.45) is 2.62. The van der Waals surface area contributed by atoms with Crippen molar-refractivity contribution in [2.24, 2.45) is 0 Å². The summed E-state index contributed by atoms with van der Waals surface area (Å²) < 4.78 is 5.27. The van der Waals surface area contributed by atoms with Gasteiger partial charge >= 0.3 is 0 Å². The highest BCUT2D eigenvalue weighted by atomic mass is 32.1. The molecule has 0 radical (unpaired) electrons. The van der Waals surface area contributed by atoms with Crippen molar-refractivity contribution >= 4 is 17.2 Å². The summed E-state index contributed by atoms with van der Waals surface area (Å²) in [4.78, 5) is 13.1. The zero-order chi connectivity index (χ0) is 12.8. The van der Waals surface area contributed by atoms with Crippen molar-refractivity contribution in [3.05, 3.63) is 22.4 Å². The van der Waals surface area contributed by atoms with Gasteiger partial charge in [0.05, 0.1) is 12.1 Å². The smallest absolute Gasteiger partial charge is 0.220 e. The summed E-state index contributed by atoms with van der Waals surface area (Å²) in [5.74, 6) is 0.0133. The predicted molar refractivity (Wildman–Crippen MR) is 70.7 cm³/mol. The molecule has 5 heteroatoms. The minimum atomic E-state index is -0.467. The van der Waals surface area contributed by atoms with Gasteiger partial charge in [-0.15, -0.1) is 11.3 Å². The third kappa shape index (κ3) is 3.54. The van der Waals surface area contributed by atoms with E-state index in [0.717, 1.165) is 6.42 Å². The molecule has 1 aromatic heterocycles. The van der Waals surface area contributed by atoms with E-state index in [1.807, 2.05) is 17.5 Å². The fourth-order valence-corrected chi connectivity index (χ4v) is 2.84. The van der Waals surface area contributed by atoms with Gasteiger partial charge in [0.25, 0.3) is 0 Å². The molecule has 1 aliphatic rings. The number of hydrogen-bond acceptors (Lipinski definition) is 4. The SMILES string of the molecule is O=C(CCc1cccs1)NC1(CO)CCOCC1. The van der Waals surface area contributed by atoms with Crippen LogP contribution in [-0.2, 0) is 16.0 Å². The van der Waals surface area contributed by atoms with Gasteiger partial charge in [0.1, 0.15) is 0 Å².